The Hall–Kier alpha value is -2.82. The van der Waals surface area contributed by atoms with E-state index >= 15 is 0 Å². The zero-order chi connectivity index (χ0) is 17.0. The second-order valence-corrected chi connectivity index (χ2v) is 5.41. The van der Waals surface area contributed by atoms with Gasteiger partial charge in [0.05, 0.1) is 18.9 Å². The number of hydrogen-bond donors (Lipinski definition) is 2. The predicted octanol–water partition coefficient (Wildman–Crippen LogP) is 3.09. The van der Waals surface area contributed by atoms with Gasteiger partial charge in [0.2, 0.25) is 0 Å². The molecule has 5 nitrogen and oxygen atoms in total. The van der Waals surface area contributed by atoms with Crippen LogP contribution in [-0.2, 0) is 0 Å². The van der Waals surface area contributed by atoms with Gasteiger partial charge in [0.15, 0.2) is 0 Å². The number of carbonyl (C=O) groups is 1. The van der Waals surface area contributed by atoms with Crippen molar-refractivity contribution in [2.24, 2.45) is 5.10 Å². The lowest BCUT2D eigenvalue weighted by Crippen LogP contribution is -2.18. The molecule has 0 unspecified atom stereocenters. The summed E-state index contributed by atoms with van der Waals surface area (Å²) < 4.78 is 5.22. The van der Waals surface area contributed by atoms with Gasteiger partial charge in [-0.15, -0.1) is 0 Å². The fourth-order valence-electron chi connectivity index (χ4n) is 2.28. The predicted molar refractivity (Wildman–Crippen MR) is 90.4 cm³/mol. The van der Waals surface area contributed by atoms with Crippen molar-refractivity contribution in [3.05, 3.63) is 58.1 Å². The molecule has 0 aliphatic rings. The summed E-state index contributed by atoms with van der Waals surface area (Å²) in [7, 11) is 1.52. The molecule has 1 amide bonds. The third-order valence-corrected chi connectivity index (χ3v) is 3.49. The second kappa shape index (κ2) is 6.96. The molecule has 0 aromatic heterocycles. The topological polar surface area (TPSA) is 70.9 Å². The maximum Gasteiger partial charge on any atom is 0.275 e. The highest BCUT2D eigenvalue weighted by molar-refractivity contribution is 5.97. The van der Waals surface area contributed by atoms with Gasteiger partial charge in [-0.05, 0) is 67.3 Å². The Kier molecular flexibility index (Phi) is 5.01. The highest BCUT2D eigenvalue weighted by atomic mass is 16.5. The number of aryl methyl sites for hydroxylation is 3. The molecule has 0 spiro atoms. The molecule has 0 fully saturated rings. The van der Waals surface area contributed by atoms with E-state index in [4.69, 9.17) is 4.74 Å². The third kappa shape index (κ3) is 3.88. The van der Waals surface area contributed by atoms with Crippen LogP contribution in [0.2, 0.25) is 0 Å². The van der Waals surface area contributed by atoms with E-state index in [1.54, 1.807) is 24.3 Å². The Morgan fingerprint density at radius 3 is 2.43 bits per heavy atom. The van der Waals surface area contributed by atoms with Crippen molar-refractivity contribution < 1.29 is 14.6 Å². The monoisotopic (exact) mass is 312 g/mol. The number of nitrogens with zero attached hydrogens (tertiary/aromatic N) is 1. The molecule has 23 heavy (non-hydrogen) atoms. The van der Waals surface area contributed by atoms with E-state index in [1.165, 1.54) is 13.3 Å². The van der Waals surface area contributed by atoms with Crippen molar-refractivity contribution in [2.45, 2.75) is 20.8 Å². The Morgan fingerprint density at radius 1 is 1.17 bits per heavy atom. The number of aromatic hydroxyl groups is 1. The molecule has 0 radical (unpaired) electrons. The van der Waals surface area contributed by atoms with Crippen LogP contribution < -0.4 is 10.2 Å². The molecule has 2 rings (SSSR count). The highest BCUT2D eigenvalue weighted by Gasteiger charge is 2.11. The van der Waals surface area contributed by atoms with Crippen molar-refractivity contribution in [2.75, 3.05) is 7.11 Å². The Morgan fingerprint density at radius 2 is 1.83 bits per heavy atom. The first kappa shape index (κ1) is 16.5. The van der Waals surface area contributed by atoms with Crippen LogP contribution in [0, 0.1) is 20.8 Å². The highest BCUT2D eigenvalue weighted by Crippen LogP contribution is 2.22. The molecule has 2 N–H and O–H groups in total. The van der Waals surface area contributed by atoms with Crippen LogP contribution in [-0.4, -0.2) is 24.3 Å². The minimum absolute atomic E-state index is 0.274. The van der Waals surface area contributed by atoms with Gasteiger partial charge in [-0.3, -0.25) is 4.79 Å². The van der Waals surface area contributed by atoms with Gasteiger partial charge < -0.3 is 9.84 Å². The molecule has 0 bridgehead atoms. The first-order chi connectivity index (χ1) is 10.9. The zero-order valence-electron chi connectivity index (χ0n) is 13.7. The number of benzene rings is 2. The number of nitrogens with one attached hydrogen (secondary N) is 1. The maximum atomic E-state index is 12.2. The van der Waals surface area contributed by atoms with E-state index in [9.17, 15) is 9.90 Å². The molecule has 2 aromatic rings. The van der Waals surface area contributed by atoms with Crippen LogP contribution in [0.3, 0.4) is 0 Å². The van der Waals surface area contributed by atoms with Gasteiger partial charge in [0, 0.05) is 0 Å². The van der Waals surface area contributed by atoms with Gasteiger partial charge in [-0.25, -0.2) is 5.43 Å². The van der Waals surface area contributed by atoms with Crippen LogP contribution in [0.5, 0.6) is 11.5 Å². The first-order valence-electron chi connectivity index (χ1n) is 7.20. The average Bonchev–Trinajstić information content (AvgIpc) is 2.52. The van der Waals surface area contributed by atoms with Gasteiger partial charge in [-0.1, -0.05) is 6.07 Å². The van der Waals surface area contributed by atoms with E-state index in [1.807, 2.05) is 26.8 Å². The lowest BCUT2D eigenvalue weighted by atomic mass is 10.1. The summed E-state index contributed by atoms with van der Waals surface area (Å²) in [5, 5.41) is 13.7. The molecule has 0 saturated carbocycles. The number of amides is 1. The number of phenols is 1. The van der Waals surface area contributed by atoms with Gasteiger partial charge in [-0.2, -0.15) is 5.10 Å². The van der Waals surface area contributed by atoms with Crippen molar-refractivity contribution in [3.8, 4) is 11.5 Å². The summed E-state index contributed by atoms with van der Waals surface area (Å²) in [4.78, 5) is 12.2. The number of carbonyl (C=O) groups excluding carboxylic acids is 1. The molecule has 0 saturated heterocycles. The summed E-state index contributed by atoms with van der Waals surface area (Å²) in [6.45, 7) is 5.56. The summed E-state index contributed by atoms with van der Waals surface area (Å²) in [6, 6.07) is 8.93. The first-order valence-corrected chi connectivity index (χ1v) is 7.20. The van der Waals surface area contributed by atoms with E-state index < -0.39 is 0 Å². The van der Waals surface area contributed by atoms with Crippen LogP contribution in [0.4, 0.5) is 0 Å². The fourth-order valence-corrected chi connectivity index (χ4v) is 2.28. The summed E-state index contributed by atoms with van der Waals surface area (Å²) in [5.41, 5.74) is 6.24. The molecule has 0 aliphatic carbocycles. The third-order valence-electron chi connectivity index (χ3n) is 3.49. The van der Waals surface area contributed by atoms with Crippen molar-refractivity contribution in [1.82, 2.24) is 5.43 Å². The number of rotatable bonds is 4. The Bertz CT molecular complexity index is 744. The zero-order valence-corrected chi connectivity index (χ0v) is 13.7. The van der Waals surface area contributed by atoms with Crippen molar-refractivity contribution in [1.29, 1.82) is 0 Å². The Labute approximate surface area is 135 Å². The van der Waals surface area contributed by atoms with Gasteiger partial charge in [0.1, 0.15) is 11.5 Å². The summed E-state index contributed by atoms with van der Waals surface area (Å²) >= 11 is 0. The van der Waals surface area contributed by atoms with Crippen LogP contribution in [0.15, 0.2) is 35.4 Å². The normalized spacial score (nSPS) is 10.8. The van der Waals surface area contributed by atoms with Crippen LogP contribution >= 0.6 is 0 Å². The quantitative estimate of drug-likeness (QED) is 0.673. The molecule has 120 valence electrons. The smallest absolute Gasteiger partial charge is 0.275 e. The van der Waals surface area contributed by atoms with E-state index in [2.05, 4.69) is 10.5 Å². The molecular formula is C18H20N2O3. The Balaban J connectivity index is 2.13. The fraction of sp³-hybridized carbons (Fsp3) is 0.222. The molecule has 5 heteroatoms. The molecule has 2 aromatic carbocycles. The van der Waals surface area contributed by atoms with Crippen LogP contribution in [0.25, 0.3) is 0 Å². The number of ether oxygens (including phenoxy) is 1. The van der Waals surface area contributed by atoms with E-state index in [0.717, 1.165) is 22.3 Å². The lowest BCUT2D eigenvalue weighted by Gasteiger charge is -2.08. The minimum Gasteiger partial charge on any atom is -0.507 e. The summed E-state index contributed by atoms with van der Waals surface area (Å²) in [5.74, 6) is 0.440. The average molecular weight is 312 g/mol. The molecule has 0 aliphatic heterocycles. The summed E-state index contributed by atoms with van der Waals surface area (Å²) in [6.07, 6.45) is 1.54. The lowest BCUT2D eigenvalue weighted by molar-refractivity contribution is 0.0952. The van der Waals surface area contributed by atoms with Crippen LogP contribution in [0.1, 0.15) is 32.6 Å². The number of phenolic OH excluding ortho intramolecular Hbond substituents is 1. The van der Waals surface area contributed by atoms with Gasteiger partial charge in [0.25, 0.3) is 5.91 Å². The van der Waals surface area contributed by atoms with Crippen molar-refractivity contribution in [3.63, 3.8) is 0 Å². The number of methoxy groups -OCH3 is 1. The van der Waals surface area contributed by atoms with Gasteiger partial charge >= 0.3 is 0 Å². The van der Waals surface area contributed by atoms with Crippen molar-refractivity contribution >= 4 is 12.1 Å². The standard InChI is InChI=1S/C18H20N2O3/c1-11-5-6-15(16(7-11)23-4)18(22)20-19-10-14-8-12(2)17(21)13(3)9-14/h5-10,21H,1-4H3,(H,20,22)/b19-10-. The molecule has 0 heterocycles. The molecule has 0 atom stereocenters. The largest absolute Gasteiger partial charge is 0.507 e. The second-order valence-electron chi connectivity index (χ2n) is 5.41. The van der Waals surface area contributed by atoms with E-state index in [0.29, 0.717) is 11.3 Å². The number of hydrogen-bond acceptors (Lipinski definition) is 4. The molecular weight excluding hydrogens is 292 g/mol. The SMILES string of the molecule is COc1cc(C)ccc1C(=O)N/N=C\c1cc(C)c(O)c(C)c1. The van der Waals surface area contributed by atoms with E-state index in [-0.39, 0.29) is 11.7 Å². The number of hydrazone groups is 1. The minimum atomic E-state index is -0.342. The maximum absolute atomic E-state index is 12.2.